The summed E-state index contributed by atoms with van der Waals surface area (Å²) in [4.78, 5) is 15.9. The van der Waals surface area contributed by atoms with Crippen molar-refractivity contribution in [2.75, 3.05) is 35.7 Å². The summed E-state index contributed by atoms with van der Waals surface area (Å²) in [6.07, 6.45) is 10.6. The van der Waals surface area contributed by atoms with Gasteiger partial charge in [0.05, 0.1) is 19.3 Å². The molecule has 0 radical (unpaired) electrons. The summed E-state index contributed by atoms with van der Waals surface area (Å²) in [5.41, 5.74) is 1.47. The lowest BCUT2D eigenvalue weighted by Crippen LogP contribution is -2.41. The number of aromatic nitrogens is 4. The zero-order valence-corrected chi connectivity index (χ0v) is 27.0. The van der Waals surface area contributed by atoms with E-state index in [4.69, 9.17) is 16.1 Å². The minimum absolute atomic E-state index is 0.00774. The van der Waals surface area contributed by atoms with E-state index in [2.05, 4.69) is 30.7 Å². The molecule has 1 N–H and O–H groups in total. The minimum atomic E-state index is -4.94. The van der Waals surface area contributed by atoms with Gasteiger partial charge in [-0.2, -0.15) is 28.1 Å². The van der Waals surface area contributed by atoms with Gasteiger partial charge < -0.3 is 19.5 Å². The van der Waals surface area contributed by atoms with Crippen molar-refractivity contribution < 1.29 is 26.3 Å². The molecule has 0 amide bonds. The zero-order chi connectivity index (χ0) is 32.6. The van der Waals surface area contributed by atoms with Crippen LogP contribution in [0, 0.1) is 29.6 Å². The van der Waals surface area contributed by atoms with Gasteiger partial charge in [0.2, 0.25) is 15.8 Å². The molecule has 5 aliphatic rings. The van der Waals surface area contributed by atoms with Gasteiger partial charge >= 0.3 is 6.18 Å². The van der Waals surface area contributed by atoms with Crippen LogP contribution in [-0.4, -0.2) is 65.2 Å². The maximum absolute atomic E-state index is 13.5. The molecule has 9 nitrogen and oxygen atoms in total. The van der Waals surface area contributed by atoms with Crippen LogP contribution in [0.5, 0.6) is 0 Å². The summed E-state index contributed by atoms with van der Waals surface area (Å²) in [5.74, 6) is 2.44. The molecule has 47 heavy (non-hydrogen) atoms. The van der Waals surface area contributed by atoms with E-state index in [1.807, 2.05) is 30.3 Å². The van der Waals surface area contributed by atoms with Crippen LogP contribution in [0.3, 0.4) is 0 Å². The fourth-order valence-electron chi connectivity index (χ4n) is 8.32. The van der Waals surface area contributed by atoms with Crippen molar-refractivity contribution in [1.29, 1.82) is 0 Å². The first-order valence-corrected chi connectivity index (χ1v) is 18.4. The van der Waals surface area contributed by atoms with Crippen LogP contribution in [0.2, 0.25) is 0 Å². The van der Waals surface area contributed by atoms with Crippen molar-refractivity contribution >= 4 is 32.8 Å². The molecule has 1 saturated heterocycles. The van der Waals surface area contributed by atoms with Crippen LogP contribution >= 0.6 is 0 Å². The van der Waals surface area contributed by atoms with E-state index in [0.717, 1.165) is 69.8 Å². The number of nitrogens with zero attached hydrogens (tertiary/aromatic N) is 5. The number of terminal acetylenes is 1. The van der Waals surface area contributed by atoms with Gasteiger partial charge in [0.15, 0.2) is 17.2 Å². The topological polar surface area (TPSA) is 102 Å². The van der Waals surface area contributed by atoms with E-state index in [0.29, 0.717) is 37.1 Å². The molecule has 3 heterocycles. The Kier molecular flexibility index (Phi) is 7.30. The minimum Gasteiger partial charge on any atom is -0.377 e. The van der Waals surface area contributed by atoms with Gasteiger partial charge in [0, 0.05) is 24.0 Å². The fourth-order valence-corrected chi connectivity index (χ4v) is 9.34. The molecular formula is C34H39F3N6O3S. The number of imidazole rings is 1. The Bertz CT molecular complexity index is 1820. The Hall–Kier alpha value is -3.37. The van der Waals surface area contributed by atoms with E-state index < -0.39 is 26.9 Å². The standard InChI is InChI=1S/C34H39F3N6O3S/c1-2-22-11-13-32(14-12-22)19-26(32)43-27-28(40-31(43)42-17-18-46-20-25(42)23-7-4-3-5-8-23)38-30(47(44,45)21-34(35,36)37)39-29(27)41-33(15-16-33)24-9-6-10-24/h1,3-5,7-8,22,24-26H,6,9-21H2,(H,38,39,41)/t22?,25-,26?,32?/m0/s1. The average Bonchev–Trinajstić information content (AvgIpc) is 3.90. The predicted molar refractivity (Wildman–Crippen MR) is 171 cm³/mol. The number of rotatable bonds is 8. The lowest BCUT2D eigenvalue weighted by Gasteiger charge is -2.37. The van der Waals surface area contributed by atoms with Crippen molar-refractivity contribution in [2.45, 2.75) is 93.2 Å². The lowest BCUT2D eigenvalue weighted by atomic mass is 9.78. The Morgan fingerprint density at radius 1 is 1.04 bits per heavy atom. The smallest absolute Gasteiger partial charge is 0.377 e. The molecule has 3 aromatic rings. The van der Waals surface area contributed by atoms with Gasteiger partial charge in [-0.25, -0.2) is 8.42 Å². The monoisotopic (exact) mass is 668 g/mol. The normalized spacial score (nSPS) is 29.0. The van der Waals surface area contributed by atoms with Crippen molar-refractivity contribution in [3.05, 3.63) is 35.9 Å². The van der Waals surface area contributed by atoms with E-state index in [1.165, 1.54) is 0 Å². The number of nitrogens with one attached hydrogen (secondary N) is 1. The van der Waals surface area contributed by atoms with Gasteiger partial charge in [0.25, 0.3) is 5.16 Å². The maximum atomic E-state index is 13.5. The van der Waals surface area contributed by atoms with Crippen LogP contribution in [0.25, 0.3) is 11.2 Å². The highest BCUT2D eigenvalue weighted by molar-refractivity contribution is 7.91. The van der Waals surface area contributed by atoms with E-state index in [-0.39, 0.29) is 40.4 Å². The van der Waals surface area contributed by atoms with Gasteiger partial charge in [-0.05, 0) is 74.7 Å². The van der Waals surface area contributed by atoms with E-state index >= 15 is 0 Å². The highest BCUT2D eigenvalue weighted by Gasteiger charge is 2.58. The van der Waals surface area contributed by atoms with Gasteiger partial charge in [-0.15, -0.1) is 12.3 Å². The van der Waals surface area contributed by atoms with Crippen molar-refractivity contribution in [3.63, 3.8) is 0 Å². The van der Waals surface area contributed by atoms with E-state index in [1.54, 1.807) is 0 Å². The second-order valence-electron chi connectivity index (χ2n) is 14.3. The summed E-state index contributed by atoms with van der Waals surface area (Å²) < 4.78 is 74.9. The highest BCUT2D eigenvalue weighted by Crippen LogP contribution is 2.66. The number of sulfone groups is 1. The zero-order valence-electron chi connectivity index (χ0n) is 26.2. The molecule has 2 aromatic heterocycles. The Balaban J connectivity index is 1.31. The molecule has 13 heteroatoms. The number of ether oxygens (including phenoxy) is 1. The van der Waals surface area contributed by atoms with Crippen LogP contribution in [0.1, 0.15) is 81.9 Å². The first-order chi connectivity index (χ1) is 22.5. The van der Waals surface area contributed by atoms with Crippen LogP contribution in [0.4, 0.5) is 24.9 Å². The predicted octanol–water partition coefficient (Wildman–Crippen LogP) is 6.24. The van der Waals surface area contributed by atoms with E-state index in [9.17, 15) is 21.6 Å². The number of morpholine rings is 1. The van der Waals surface area contributed by atoms with Crippen LogP contribution in [-0.2, 0) is 14.6 Å². The van der Waals surface area contributed by atoms with Crippen LogP contribution < -0.4 is 10.2 Å². The Morgan fingerprint density at radius 3 is 2.43 bits per heavy atom. The number of halogens is 3. The largest absolute Gasteiger partial charge is 0.403 e. The fraction of sp³-hybridized carbons (Fsp3) is 0.618. The summed E-state index contributed by atoms with van der Waals surface area (Å²) in [6.45, 7) is 1.43. The number of hydrogen-bond acceptors (Lipinski definition) is 8. The SMILES string of the molecule is C#CC1CCC2(CC1)CC2n1c(N2CCOC[C@H]2c2ccccc2)nc2nc(S(=O)(=O)CC(F)(F)F)nc(NC3(C4CCC4)CC3)c21. The van der Waals surface area contributed by atoms with Crippen molar-refractivity contribution in [3.8, 4) is 12.3 Å². The first-order valence-electron chi connectivity index (χ1n) is 16.7. The van der Waals surface area contributed by atoms with Gasteiger partial charge in [-0.3, -0.25) is 0 Å². The summed E-state index contributed by atoms with van der Waals surface area (Å²) >= 11 is 0. The van der Waals surface area contributed by atoms with Crippen molar-refractivity contribution in [1.82, 2.24) is 19.5 Å². The summed E-state index contributed by atoms with van der Waals surface area (Å²) in [5, 5.41) is 2.77. The average molecular weight is 669 g/mol. The third kappa shape index (κ3) is 5.55. The second kappa shape index (κ2) is 11.1. The molecule has 1 aliphatic heterocycles. The molecule has 250 valence electrons. The molecule has 0 bridgehead atoms. The summed E-state index contributed by atoms with van der Waals surface area (Å²) in [6, 6.07) is 9.87. The number of benzene rings is 1. The van der Waals surface area contributed by atoms with Gasteiger partial charge in [-0.1, -0.05) is 36.8 Å². The number of anilines is 2. The molecule has 5 fully saturated rings. The second-order valence-corrected chi connectivity index (χ2v) is 16.2. The Labute approximate surface area is 272 Å². The lowest BCUT2D eigenvalue weighted by molar-refractivity contribution is -0.106. The molecule has 1 unspecified atom stereocenters. The maximum Gasteiger partial charge on any atom is 0.403 e. The quantitative estimate of drug-likeness (QED) is 0.223. The molecule has 2 atom stereocenters. The molecular weight excluding hydrogens is 629 g/mol. The van der Waals surface area contributed by atoms with Gasteiger partial charge in [0.1, 0.15) is 5.52 Å². The number of fused-ring (bicyclic) bond motifs is 1. The molecule has 8 rings (SSSR count). The molecule has 4 aliphatic carbocycles. The van der Waals surface area contributed by atoms with Crippen LogP contribution in [0.15, 0.2) is 35.5 Å². The third-order valence-electron chi connectivity index (χ3n) is 11.4. The molecule has 1 aromatic carbocycles. The van der Waals surface area contributed by atoms with Crippen molar-refractivity contribution in [2.24, 2.45) is 17.3 Å². The first kappa shape index (κ1) is 30.9. The number of hydrogen-bond donors (Lipinski definition) is 1. The Morgan fingerprint density at radius 2 is 1.79 bits per heavy atom. The molecule has 1 spiro atoms. The molecule has 4 saturated carbocycles. The highest BCUT2D eigenvalue weighted by atomic mass is 32.2. The summed E-state index contributed by atoms with van der Waals surface area (Å²) in [7, 11) is -4.89. The number of alkyl halides is 3. The third-order valence-corrected chi connectivity index (χ3v) is 12.9.